The molecule has 1 saturated carbocycles. The number of hydrogen-bond acceptors (Lipinski definition) is 3. The van der Waals surface area contributed by atoms with Crippen molar-refractivity contribution in [3.8, 4) is 11.5 Å². The molecular formula is C12H14O4. The van der Waals surface area contributed by atoms with Gasteiger partial charge in [0.25, 0.3) is 0 Å². The molecule has 0 aromatic heterocycles. The first kappa shape index (κ1) is 10.8. The summed E-state index contributed by atoms with van der Waals surface area (Å²) in [5.41, 5.74) is 0.153. The van der Waals surface area contributed by atoms with Gasteiger partial charge in [0.15, 0.2) is 0 Å². The minimum atomic E-state index is -0.996. The Morgan fingerprint density at radius 3 is 2.81 bits per heavy atom. The Labute approximate surface area is 93.8 Å². The molecule has 1 fully saturated rings. The fourth-order valence-corrected chi connectivity index (χ4v) is 1.42. The summed E-state index contributed by atoms with van der Waals surface area (Å²) in [5, 5.41) is 9.03. The third-order valence-electron chi connectivity index (χ3n) is 2.59. The molecule has 0 radical (unpaired) electrons. The average Bonchev–Trinajstić information content (AvgIpc) is 3.09. The van der Waals surface area contributed by atoms with E-state index in [1.54, 1.807) is 12.1 Å². The van der Waals surface area contributed by atoms with Gasteiger partial charge in [-0.15, -0.1) is 0 Å². The van der Waals surface area contributed by atoms with Crippen LogP contribution in [0.5, 0.6) is 11.5 Å². The number of carboxylic acids is 1. The van der Waals surface area contributed by atoms with Gasteiger partial charge in [-0.25, -0.2) is 4.79 Å². The van der Waals surface area contributed by atoms with Crippen LogP contribution >= 0.6 is 0 Å². The smallest absolute Gasteiger partial charge is 0.339 e. The van der Waals surface area contributed by atoms with Crippen LogP contribution in [0.2, 0.25) is 0 Å². The van der Waals surface area contributed by atoms with Crippen LogP contribution in [-0.2, 0) is 0 Å². The van der Waals surface area contributed by atoms with Crippen molar-refractivity contribution in [3.63, 3.8) is 0 Å². The summed E-state index contributed by atoms with van der Waals surface area (Å²) < 4.78 is 10.5. The molecule has 1 aromatic rings. The molecule has 4 heteroatoms. The van der Waals surface area contributed by atoms with Crippen molar-refractivity contribution in [2.45, 2.75) is 12.8 Å². The summed E-state index contributed by atoms with van der Waals surface area (Å²) in [4.78, 5) is 11.0. The molecule has 1 aliphatic carbocycles. The molecule has 86 valence electrons. The lowest BCUT2D eigenvalue weighted by Gasteiger charge is -2.09. The predicted molar refractivity (Wildman–Crippen MR) is 58.2 cm³/mol. The summed E-state index contributed by atoms with van der Waals surface area (Å²) in [6, 6.07) is 4.82. The molecule has 1 aromatic carbocycles. The third kappa shape index (κ3) is 2.45. The number of hydrogen-bond donors (Lipinski definition) is 1. The van der Waals surface area contributed by atoms with E-state index in [1.807, 2.05) is 0 Å². The highest BCUT2D eigenvalue weighted by Gasteiger charge is 2.23. The zero-order chi connectivity index (χ0) is 11.5. The molecule has 0 unspecified atom stereocenters. The van der Waals surface area contributed by atoms with Gasteiger partial charge < -0.3 is 14.6 Å². The van der Waals surface area contributed by atoms with Crippen LogP contribution in [0.4, 0.5) is 0 Å². The lowest BCUT2D eigenvalue weighted by Crippen LogP contribution is -2.05. The highest BCUT2D eigenvalue weighted by molar-refractivity contribution is 5.91. The fraction of sp³-hybridized carbons (Fsp3) is 0.417. The normalized spacial score (nSPS) is 14.6. The lowest BCUT2D eigenvalue weighted by molar-refractivity contribution is 0.0691. The molecule has 2 rings (SSSR count). The summed E-state index contributed by atoms with van der Waals surface area (Å²) >= 11 is 0. The summed E-state index contributed by atoms with van der Waals surface area (Å²) in [7, 11) is 1.51. The van der Waals surface area contributed by atoms with Crippen LogP contribution in [0, 0.1) is 5.92 Å². The Morgan fingerprint density at radius 2 is 2.25 bits per heavy atom. The van der Waals surface area contributed by atoms with Crippen LogP contribution < -0.4 is 9.47 Å². The molecule has 0 amide bonds. The van der Waals surface area contributed by atoms with Crippen LogP contribution in [0.3, 0.4) is 0 Å². The third-order valence-corrected chi connectivity index (χ3v) is 2.59. The van der Waals surface area contributed by atoms with Gasteiger partial charge in [-0.3, -0.25) is 0 Å². The molecule has 0 spiro atoms. The largest absolute Gasteiger partial charge is 0.497 e. The van der Waals surface area contributed by atoms with Crippen LogP contribution in [0.25, 0.3) is 0 Å². The molecular weight excluding hydrogens is 208 g/mol. The number of carboxylic acid groups (broad SMARTS) is 1. The van der Waals surface area contributed by atoms with Crippen molar-refractivity contribution in [1.29, 1.82) is 0 Å². The first-order valence-electron chi connectivity index (χ1n) is 5.25. The fourth-order valence-electron chi connectivity index (χ4n) is 1.42. The van der Waals surface area contributed by atoms with Gasteiger partial charge in [-0.2, -0.15) is 0 Å². The number of ether oxygens (including phenoxy) is 2. The van der Waals surface area contributed by atoms with Crippen molar-refractivity contribution in [2.75, 3.05) is 13.7 Å². The first-order chi connectivity index (χ1) is 7.70. The summed E-state index contributed by atoms with van der Waals surface area (Å²) in [6.45, 7) is 0.604. The predicted octanol–water partition coefficient (Wildman–Crippen LogP) is 2.18. The van der Waals surface area contributed by atoms with Crippen molar-refractivity contribution in [3.05, 3.63) is 23.8 Å². The molecule has 0 atom stereocenters. The van der Waals surface area contributed by atoms with Crippen LogP contribution in [0.1, 0.15) is 23.2 Å². The average molecular weight is 222 g/mol. The Kier molecular flexibility index (Phi) is 2.99. The van der Waals surface area contributed by atoms with Gasteiger partial charge in [0.05, 0.1) is 13.7 Å². The van der Waals surface area contributed by atoms with E-state index < -0.39 is 5.97 Å². The Morgan fingerprint density at radius 1 is 1.50 bits per heavy atom. The highest BCUT2D eigenvalue weighted by atomic mass is 16.5. The molecule has 0 aliphatic heterocycles. The van der Waals surface area contributed by atoms with E-state index in [2.05, 4.69) is 0 Å². The molecule has 4 nitrogen and oxygen atoms in total. The highest BCUT2D eigenvalue weighted by Crippen LogP contribution is 2.31. The maximum absolute atomic E-state index is 11.0. The van der Waals surface area contributed by atoms with E-state index in [9.17, 15) is 4.79 Å². The van der Waals surface area contributed by atoms with Crippen LogP contribution in [-0.4, -0.2) is 24.8 Å². The summed E-state index contributed by atoms with van der Waals surface area (Å²) in [6.07, 6.45) is 2.36. The zero-order valence-corrected chi connectivity index (χ0v) is 9.10. The maximum atomic E-state index is 11.0. The van der Waals surface area contributed by atoms with E-state index in [1.165, 1.54) is 26.0 Å². The number of methoxy groups -OCH3 is 1. The van der Waals surface area contributed by atoms with E-state index in [0.717, 1.165) is 0 Å². The van der Waals surface area contributed by atoms with Gasteiger partial charge in [0.1, 0.15) is 17.1 Å². The van der Waals surface area contributed by atoms with Gasteiger partial charge in [0, 0.05) is 0 Å². The molecule has 0 bridgehead atoms. The van der Waals surface area contributed by atoms with Gasteiger partial charge in [-0.1, -0.05) is 0 Å². The van der Waals surface area contributed by atoms with E-state index >= 15 is 0 Å². The second-order valence-corrected chi connectivity index (χ2v) is 3.92. The van der Waals surface area contributed by atoms with E-state index in [0.29, 0.717) is 24.0 Å². The van der Waals surface area contributed by atoms with Crippen molar-refractivity contribution in [1.82, 2.24) is 0 Å². The van der Waals surface area contributed by atoms with Crippen molar-refractivity contribution < 1.29 is 19.4 Å². The lowest BCUT2D eigenvalue weighted by atomic mass is 10.2. The zero-order valence-electron chi connectivity index (χ0n) is 9.10. The monoisotopic (exact) mass is 222 g/mol. The summed E-state index contributed by atoms with van der Waals surface area (Å²) in [5.74, 6) is 0.546. The minimum Gasteiger partial charge on any atom is -0.497 e. The Bertz CT molecular complexity index is 396. The van der Waals surface area contributed by atoms with Crippen molar-refractivity contribution in [2.24, 2.45) is 5.92 Å². The van der Waals surface area contributed by atoms with Crippen LogP contribution in [0.15, 0.2) is 18.2 Å². The van der Waals surface area contributed by atoms with E-state index in [-0.39, 0.29) is 5.56 Å². The number of rotatable bonds is 5. The molecule has 0 heterocycles. The number of aromatic carboxylic acids is 1. The standard InChI is InChI=1S/C12H14O4/c1-15-9-4-5-11(10(6-9)12(13)14)16-7-8-2-3-8/h4-6,8H,2-3,7H2,1H3,(H,13,14). The minimum absolute atomic E-state index is 0.153. The second kappa shape index (κ2) is 4.43. The molecule has 0 saturated heterocycles. The topological polar surface area (TPSA) is 55.8 Å². The van der Waals surface area contributed by atoms with Gasteiger partial charge in [0.2, 0.25) is 0 Å². The van der Waals surface area contributed by atoms with Gasteiger partial charge in [-0.05, 0) is 37.0 Å². The SMILES string of the molecule is COc1ccc(OCC2CC2)c(C(=O)O)c1. The quantitative estimate of drug-likeness (QED) is 0.829. The molecule has 1 N–H and O–H groups in total. The van der Waals surface area contributed by atoms with E-state index in [4.69, 9.17) is 14.6 Å². The second-order valence-electron chi connectivity index (χ2n) is 3.92. The number of benzene rings is 1. The maximum Gasteiger partial charge on any atom is 0.339 e. The number of carbonyl (C=O) groups is 1. The Balaban J connectivity index is 2.16. The van der Waals surface area contributed by atoms with Crippen molar-refractivity contribution >= 4 is 5.97 Å². The molecule has 1 aliphatic rings. The van der Waals surface area contributed by atoms with Gasteiger partial charge >= 0.3 is 5.97 Å². The first-order valence-corrected chi connectivity index (χ1v) is 5.25. The molecule has 16 heavy (non-hydrogen) atoms. The Hall–Kier alpha value is -1.71.